The van der Waals surface area contributed by atoms with Crippen LogP contribution in [0.5, 0.6) is 0 Å². The molecule has 0 aliphatic rings. The summed E-state index contributed by atoms with van der Waals surface area (Å²) in [5.41, 5.74) is 0. The van der Waals surface area contributed by atoms with Crippen molar-refractivity contribution in [2.24, 2.45) is 0 Å². The molecule has 0 aliphatic heterocycles. The zero-order valence-electron chi connectivity index (χ0n) is 7.22. The van der Waals surface area contributed by atoms with Gasteiger partial charge in [-0.25, -0.2) is 0 Å². The van der Waals surface area contributed by atoms with Gasteiger partial charge >= 0.3 is 0 Å². The van der Waals surface area contributed by atoms with Crippen molar-refractivity contribution < 1.29 is 4.74 Å². The van der Waals surface area contributed by atoms with Gasteiger partial charge in [0.1, 0.15) is 0 Å². The molecule has 0 saturated carbocycles. The molecule has 0 N–H and O–H groups in total. The topological polar surface area (TPSA) is 9.23 Å². The van der Waals surface area contributed by atoms with E-state index >= 15 is 0 Å². The predicted molar refractivity (Wildman–Crippen MR) is 49.4 cm³/mol. The first-order valence-electron chi connectivity index (χ1n) is 4.25. The highest BCUT2D eigenvalue weighted by atomic mass is 16.5. The summed E-state index contributed by atoms with van der Waals surface area (Å²) in [6.07, 6.45) is 9.56. The molecule has 1 nitrogen and oxygen atoms in total. The van der Waals surface area contributed by atoms with E-state index in [2.05, 4.69) is 13.2 Å². The molecule has 0 unspecified atom stereocenters. The lowest BCUT2D eigenvalue weighted by Crippen LogP contribution is -1.86. The first-order chi connectivity index (χ1) is 5.41. The summed E-state index contributed by atoms with van der Waals surface area (Å²) in [5, 5.41) is 0. The van der Waals surface area contributed by atoms with Crippen LogP contribution in [0.1, 0.15) is 32.1 Å². The lowest BCUT2D eigenvalue weighted by Gasteiger charge is -1.99. The lowest BCUT2D eigenvalue weighted by molar-refractivity contribution is 0.242. The summed E-state index contributed by atoms with van der Waals surface area (Å²) >= 11 is 0. The molecule has 0 bridgehead atoms. The van der Waals surface area contributed by atoms with Gasteiger partial charge in [-0.3, -0.25) is 0 Å². The molecule has 0 spiro atoms. The van der Waals surface area contributed by atoms with Gasteiger partial charge in [0.2, 0.25) is 0 Å². The second-order valence-electron chi connectivity index (χ2n) is 2.53. The molecule has 0 aromatic rings. The van der Waals surface area contributed by atoms with E-state index in [1.54, 1.807) is 0 Å². The fourth-order valence-corrected chi connectivity index (χ4v) is 0.911. The van der Waals surface area contributed by atoms with Crippen LogP contribution in [0.15, 0.2) is 25.5 Å². The minimum atomic E-state index is 0.817. The zero-order valence-corrected chi connectivity index (χ0v) is 7.22. The fraction of sp³-hybridized carbons (Fsp3) is 0.600. The zero-order chi connectivity index (χ0) is 8.36. The number of rotatable bonds is 8. The van der Waals surface area contributed by atoms with Crippen molar-refractivity contribution in [2.75, 3.05) is 6.61 Å². The highest BCUT2D eigenvalue weighted by molar-refractivity contribution is 4.65. The van der Waals surface area contributed by atoms with Crippen LogP contribution >= 0.6 is 0 Å². The predicted octanol–water partition coefficient (Wildman–Crippen LogP) is 3.28. The summed E-state index contributed by atoms with van der Waals surface area (Å²) in [6, 6.07) is 0. The third-order valence-corrected chi connectivity index (χ3v) is 1.54. The van der Waals surface area contributed by atoms with Gasteiger partial charge < -0.3 is 4.74 Å². The average Bonchev–Trinajstić information content (AvgIpc) is 2.03. The van der Waals surface area contributed by atoms with Crippen molar-refractivity contribution in [3.63, 3.8) is 0 Å². The first-order valence-corrected chi connectivity index (χ1v) is 4.25. The highest BCUT2D eigenvalue weighted by Gasteiger charge is 1.87. The minimum Gasteiger partial charge on any atom is -0.502 e. The van der Waals surface area contributed by atoms with Crippen LogP contribution in [0.3, 0.4) is 0 Å². The van der Waals surface area contributed by atoms with Crippen molar-refractivity contribution >= 4 is 0 Å². The molecular weight excluding hydrogens is 136 g/mol. The standard InChI is InChI=1S/C10H18O/c1-3-5-6-7-8-9-10-11-4-2/h3-4H,1-2,5-10H2. The van der Waals surface area contributed by atoms with E-state index in [4.69, 9.17) is 4.74 Å². The quantitative estimate of drug-likeness (QED) is 0.296. The Labute approximate surface area is 69.8 Å². The van der Waals surface area contributed by atoms with E-state index in [-0.39, 0.29) is 0 Å². The van der Waals surface area contributed by atoms with Crippen molar-refractivity contribution in [3.05, 3.63) is 25.5 Å². The van der Waals surface area contributed by atoms with E-state index in [0.29, 0.717) is 0 Å². The second-order valence-corrected chi connectivity index (χ2v) is 2.53. The van der Waals surface area contributed by atoms with Gasteiger partial charge in [-0.05, 0) is 19.3 Å². The van der Waals surface area contributed by atoms with Gasteiger partial charge in [-0.1, -0.05) is 25.5 Å². The maximum absolute atomic E-state index is 4.98. The molecule has 0 radical (unpaired) electrons. The van der Waals surface area contributed by atoms with Gasteiger partial charge in [0, 0.05) is 0 Å². The van der Waals surface area contributed by atoms with Crippen LogP contribution in [0.4, 0.5) is 0 Å². The van der Waals surface area contributed by atoms with Crippen LogP contribution in [0.2, 0.25) is 0 Å². The largest absolute Gasteiger partial charge is 0.502 e. The van der Waals surface area contributed by atoms with Crippen LogP contribution in [-0.4, -0.2) is 6.61 Å². The summed E-state index contributed by atoms with van der Waals surface area (Å²) in [5.74, 6) is 0. The smallest absolute Gasteiger partial charge is 0.0873 e. The number of hydrogen-bond donors (Lipinski definition) is 0. The Kier molecular flexibility index (Phi) is 8.67. The first kappa shape index (κ1) is 10.3. The van der Waals surface area contributed by atoms with E-state index in [9.17, 15) is 0 Å². The molecule has 0 rings (SSSR count). The van der Waals surface area contributed by atoms with E-state index < -0.39 is 0 Å². The van der Waals surface area contributed by atoms with Crippen molar-refractivity contribution in [1.29, 1.82) is 0 Å². The normalized spacial score (nSPS) is 9.09. The summed E-state index contributed by atoms with van der Waals surface area (Å²) in [4.78, 5) is 0. The molecule has 0 aromatic carbocycles. The van der Waals surface area contributed by atoms with Gasteiger partial charge in [0.05, 0.1) is 12.9 Å². The summed E-state index contributed by atoms with van der Waals surface area (Å²) in [7, 11) is 0. The Balaban J connectivity index is 2.79. The molecule has 0 heterocycles. The molecule has 0 aliphatic carbocycles. The monoisotopic (exact) mass is 154 g/mol. The molecule has 0 amide bonds. The summed E-state index contributed by atoms with van der Waals surface area (Å²) in [6.45, 7) is 7.96. The van der Waals surface area contributed by atoms with Crippen LogP contribution < -0.4 is 0 Å². The van der Waals surface area contributed by atoms with Gasteiger partial charge in [0.15, 0.2) is 0 Å². The summed E-state index contributed by atoms with van der Waals surface area (Å²) < 4.78 is 4.98. The third-order valence-electron chi connectivity index (χ3n) is 1.54. The van der Waals surface area contributed by atoms with Crippen LogP contribution in [0.25, 0.3) is 0 Å². The molecule has 0 aromatic heterocycles. The molecule has 0 saturated heterocycles. The molecule has 0 fully saturated rings. The Morgan fingerprint density at radius 3 is 2.36 bits per heavy atom. The van der Waals surface area contributed by atoms with Crippen LogP contribution in [-0.2, 0) is 4.74 Å². The second kappa shape index (κ2) is 9.28. The van der Waals surface area contributed by atoms with Crippen molar-refractivity contribution in [3.8, 4) is 0 Å². The highest BCUT2D eigenvalue weighted by Crippen LogP contribution is 2.02. The number of hydrogen-bond acceptors (Lipinski definition) is 1. The number of ether oxygens (including phenoxy) is 1. The Morgan fingerprint density at radius 2 is 1.73 bits per heavy atom. The van der Waals surface area contributed by atoms with E-state index in [0.717, 1.165) is 19.4 Å². The Morgan fingerprint density at radius 1 is 1.00 bits per heavy atom. The van der Waals surface area contributed by atoms with Crippen molar-refractivity contribution in [2.45, 2.75) is 32.1 Å². The number of unbranched alkanes of at least 4 members (excludes halogenated alkanes) is 4. The van der Waals surface area contributed by atoms with E-state index in [1.807, 2.05) is 6.08 Å². The Bertz CT molecular complexity index is 85.0. The minimum absolute atomic E-state index is 0.817. The molecule has 64 valence electrons. The molecular formula is C10H18O. The number of allylic oxidation sites excluding steroid dienone is 1. The third kappa shape index (κ3) is 9.28. The maximum atomic E-state index is 4.98. The molecule has 1 heteroatoms. The SMILES string of the molecule is C=CCCCCCCOC=C. The van der Waals surface area contributed by atoms with Gasteiger partial charge in [-0.15, -0.1) is 6.58 Å². The van der Waals surface area contributed by atoms with Gasteiger partial charge in [-0.2, -0.15) is 0 Å². The van der Waals surface area contributed by atoms with Gasteiger partial charge in [0.25, 0.3) is 0 Å². The van der Waals surface area contributed by atoms with E-state index in [1.165, 1.54) is 25.5 Å². The molecule has 11 heavy (non-hydrogen) atoms. The van der Waals surface area contributed by atoms with Crippen LogP contribution in [0, 0.1) is 0 Å². The maximum Gasteiger partial charge on any atom is 0.0873 e. The van der Waals surface area contributed by atoms with Crippen molar-refractivity contribution in [1.82, 2.24) is 0 Å². The molecule has 0 atom stereocenters. The average molecular weight is 154 g/mol. The fourth-order valence-electron chi connectivity index (χ4n) is 0.911. The lowest BCUT2D eigenvalue weighted by atomic mass is 10.1. The Hall–Kier alpha value is -0.720.